The highest BCUT2D eigenvalue weighted by atomic mass is 15.2. The molecule has 0 spiro atoms. The minimum atomic E-state index is 0.300. The molecule has 0 saturated heterocycles. The van der Waals surface area contributed by atoms with Crippen LogP contribution in [0.4, 0.5) is 11.5 Å². The van der Waals surface area contributed by atoms with E-state index in [2.05, 4.69) is 9.88 Å². The van der Waals surface area contributed by atoms with Crippen LogP contribution in [-0.4, -0.2) is 18.1 Å². The topological polar surface area (TPSA) is 65.9 Å². The third-order valence-corrected chi connectivity index (χ3v) is 2.11. The summed E-state index contributed by atoms with van der Waals surface area (Å²) in [4.78, 5) is 6.24. The number of anilines is 2. The van der Waals surface area contributed by atoms with Crippen LogP contribution in [0.15, 0.2) is 12.1 Å². The molecule has 1 heterocycles. The summed E-state index contributed by atoms with van der Waals surface area (Å²) in [6, 6.07) is 5.53. The highest BCUT2D eigenvalue weighted by Crippen LogP contribution is 2.15. The van der Waals surface area contributed by atoms with E-state index in [1.807, 2.05) is 26.0 Å². The van der Waals surface area contributed by atoms with Crippen molar-refractivity contribution in [1.82, 2.24) is 4.98 Å². The van der Waals surface area contributed by atoms with Gasteiger partial charge in [0.1, 0.15) is 11.9 Å². The van der Waals surface area contributed by atoms with Gasteiger partial charge in [-0.25, -0.2) is 4.98 Å². The van der Waals surface area contributed by atoms with Gasteiger partial charge in [-0.1, -0.05) is 0 Å². The molecule has 0 saturated carbocycles. The summed E-state index contributed by atoms with van der Waals surface area (Å²) in [5.74, 6) is 0.806. The average molecular weight is 190 g/mol. The van der Waals surface area contributed by atoms with E-state index in [0.717, 1.165) is 18.9 Å². The van der Waals surface area contributed by atoms with Crippen LogP contribution in [-0.2, 0) is 0 Å². The average Bonchev–Trinajstić information content (AvgIpc) is 2.22. The van der Waals surface area contributed by atoms with Gasteiger partial charge in [0.25, 0.3) is 0 Å². The first-order chi connectivity index (χ1) is 6.72. The van der Waals surface area contributed by atoms with Crippen molar-refractivity contribution in [1.29, 1.82) is 5.26 Å². The molecule has 1 aromatic rings. The van der Waals surface area contributed by atoms with E-state index in [4.69, 9.17) is 11.0 Å². The maximum absolute atomic E-state index is 8.76. The van der Waals surface area contributed by atoms with Gasteiger partial charge in [0.15, 0.2) is 5.69 Å². The molecular formula is C10H14N4. The van der Waals surface area contributed by atoms with Crippen molar-refractivity contribution in [3.63, 3.8) is 0 Å². The zero-order valence-corrected chi connectivity index (χ0v) is 8.49. The highest BCUT2D eigenvalue weighted by molar-refractivity contribution is 5.55. The Morgan fingerprint density at radius 1 is 1.43 bits per heavy atom. The smallest absolute Gasteiger partial charge is 0.165 e. The Morgan fingerprint density at radius 2 is 2.07 bits per heavy atom. The van der Waals surface area contributed by atoms with Crippen LogP contribution in [0.3, 0.4) is 0 Å². The van der Waals surface area contributed by atoms with Crippen molar-refractivity contribution in [2.75, 3.05) is 23.7 Å². The molecule has 0 aromatic carbocycles. The molecule has 4 nitrogen and oxygen atoms in total. The highest BCUT2D eigenvalue weighted by Gasteiger charge is 2.06. The van der Waals surface area contributed by atoms with E-state index in [9.17, 15) is 0 Å². The van der Waals surface area contributed by atoms with Gasteiger partial charge in [0, 0.05) is 13.1 Å². The summed E-state index contributed by atoms with van der Waals surface area (Å²) in [6.45, 7) is 5.84. The molecule has 0 unspecified atom stereocenters. The van der Waals surface area contributed by atoms with E-state index in [1.54, 1.807) is 6.07 Å². The van der Waals surface area contributed by atoms with Gasteiger partial charge in [-0.3, -0.25) is 0 Å². The summed E-state index contributed by atoms with van der Waals surface area (Å²) < 4.78 is 0. The third kappa shape index (κ3) is 1.94. The Labute approximate surface area is 84.0 Å². The van der Waals surface area contributed by atoms with Gasteiger partial charge >= 0.3 is 0 Å². The zero-order valence-electron chi connectivity index (χ0n) is 8.49. The number of nitriles is 1. The Bertz CT molecular complexity index is 350. The minimum absolute atomic E-state index is 0.300. The first kappa shape index (κ1) is 10.3. The van der Waals surface area contributed by atoms with Crippen molar-refractivity contribution >= 4 is 11.5 Å². The van der Waals surface area contributed by atoms with Gasteiger partial charge in [0.05, 0.1) is 5.69 Å². The van der Waals surface area contributed by atoms with Crippen molar-refractivity contribution in [3.05, 3.63) is 17.8 Å². The number of hydrogen-bond acceptors (Lipinski definition) is 4. The van der Waals surface area contributed by atoms with Crippen LogP contribution < -0.4 is 10.6 Å². The van der Waals surface area contributed by atoms with Crippen LogP contribution >= 0.6 is 0 Å². The molecule has 0 amide bonds. The molecule has 1 aromatic heterocycles. The van der Waals surface area contributed by atoms with Gasteiger partial charge in [-0.2, -0.15) is 5.26 Å². The molecule has 0 aliphatic carbocycles. The van der Waals surface area contributed by atoms with Crippen LogP contribution in [0.1, 0.15) is 19.5 Å². The molecule has 0 bridgehead atoms. The maximum atomic E-state index is 8.76. The monoisotopic (exact) mass is 190 g/mol. The van der Waals surface area contributed by atoms with Crippen molar-refractivity contribution in [3.8, 4) is 6.07 Å². The molecular weight excluding hydrogens is 176 g/mol. The zero-order chi connectivity index (χ0) is 10.6. The molecule has 0 fully saturated rings. The molecule has 0 aliphatic heterocycles. The van der Waals surface area contributed by atoms with Crippen LogP contribution in [0.25, 0.3) is 0 Å². The maximum Gasteiger partial charge on any atom is 0.165 e. The number of aromatic nitrogens is 1. The van der Waals surface area contributed by atoms with Gasteiger partial charge in [-0.15, -0.1) is 0 Å². The summed E-state index contributed by atoms with van der Waals surface area (Å²) >= 11 is 0. The van der Waals surface area contributed by atoms with Crippen molar-refractivity contribution in [2.45, 2.75) is 13.8 Å². The molecule has 0 atom stereocenters. The minimum Gasteiger partial charge on any atom is -0.396 e. The standard InChI is InChI=1S/C10H14N4/c1-3-14(4-2)10-6-5-8(12)9(7-11)13-10/h5-6H,3-4,12H2,1-2H3. The largest absolute Gasteiger partial charge is 0.396 e. The molecule has 0 aliphatic rings. The lowest BCUT2D eigenvalue weighted by atomic mass is 10.3. The van der Waals surface area contributed by atoms with Crippen molar-refractivity contribution in [2.24, 2.45) is 0 Å². The molecule has 14 heavy (non-hydrogen) atoms. The van der Waals surface area contributed by atoms with Crippen LogP contribution in [0.5, 0.6) is 0 Å². The Kier molecular flexibility index (Phi) is 3.29. The lowest BCUT2D eigenvalue weighted by molar-refractivity contribution is 0.845. The number of pyridine rings is 1. The number of hydrogen-bond donors (Lipinski definition) is 1. The van der Waals surface area contributed by atoms with Gasteiger partial charge < -0.3 is 10.6 Å². The fraction of sp³-hybridized carbons (Fsp3) is 0.400. The summed E-state index contributed by atoms with van der Waals surface area (Å²) in [5, 5.41) is 8.76. The van der Waals surface area contributed by atoms with Crippen molar-refractivity contribution < 1.29 is 0 Å². The quantitative estimate of drug-likeness (QED) is 0.782. The third-order valence-electron chi connectivity index (χ3n) is 2.11. The Hall–Kier alpha value is -1.76. The first-order valence-corrected chi connectivity index (χ1v) is 4.64. The van der Waals surface area contributed by atoms with Gasteiger partial charge in [-0.05, 0) is 26.0 Å². The second-order valence-corrected chi connectivity index (χ2v) is 2.89. The lowest BCUT2D eigenvalue weighted by Gasteiger charge is -2.19. The lowest BCUT2D eigenvalue weighted by Crippen LogP contribution is -2.23. The molecule has 4 heteroatoms. The van der Waals surface area contributed by atoms with E-state index in [0.29, 0.717) is 11.4 Å². The summed E-state index contributed by atoms with van der Waals surface area (Å²) in [5.41, 5.74) is 6.31. The second-order valence-electron chi connectivity index (χ2n) is 2.89. The first-order valence-electron chi connectivity index (χ1n) is 4.64. The van der Waals surface area contributed by atoms with E-state index in [1.165, 1.54) is 0 Å². The van der Waals surface area contributed by atoms with E-state index < -0.39 is 0 Å². The van der Waals surface area contributed by atoms with Crippen LogP contribution in [0.2, 0.25) is 0 Å². The van der Waals surface area contributed by atoms with E-state index >= 15 is 0 Å². The molecule has 1 rings (SSSR count). The predicted octanol–water partition coefficient (Wildman–Crippen LogP) is 1.38. The fourth-order valence-electron chi connectivity index (χ4n) is 1.27. The predicted molar refractivity (Wildman–Crippen MR) is 56.9 cm³/mol. The van der Waals surface area contributed by atoms with Gasteiger partial charge in [0.2, 0.25) is 0 Å². The molecule has 2 N–H and O–H groups in total. The SMILES string of the molecule is CCN(CC)c1ccc(N)c(C#N)n1. The number of nitrogen functional groups attached to an aromatic ring is 1. The number of rotatable bonds is 3. The van der Waals surface area contributed by atoms with Crippen LogP contribution in [0, 0.1) is 11.3 Å². The summed E-state index contributed by atoms with van der Waals surface area (Å²) in [6.07, 6.45) is 0. The fourth-order valence-corrected chi connectivity index (χ4v) is 1.27. The Morgan fingerprint density at radius 3 is 2.57 bits per heavy atom. The second kappa shape index (κ2) is 4.47. The summed E-state index contributed by atoms with van der Waals surface area (Å²) in [7, 11) is 0. The number of nitrogens with two attached hydrogens (primary N) is 1. The molecule has 0 radical (unpaired) electrons. The normalized spacial score (nSPS) is 9.50. The van der Waals surface area contributed by atoms with E-state index in [-0.39, 0.29) is 0 Å². The number of nitrogens with zero attached hydrogens (tertiary/aromatic N) is 3. The Balaban J connectivity index is 3.06. The molecule has 74 valence electrons.